The first-order valence-corrected chi connectivity index (χ1v) is 7.98. The van der Waals surface area contributed by atoms with Crippen LogP contribution in [0.4, 0.5) is 0 Å². The third kappa shape index (κ3) is 4.51. The van der Waals surface area contributed by atoms with Crippen molar-refractivity contribution in [1.29, 1.82) is 0 Å². The van der Waals surface area contributed by atoms with Crippen LogP contribution in [0.2, 0.25) is 4.34 Å². The van der Waals surface area contributed by atoms with E-state index in [9.17, 15) is 0 Å². The van der Waals surface area contributed by atoms with Gasteiger partial charge < -0.3 is 10.1 Å². The van der Waals surface area contributed by atoms with Crippen LogP contribution in [0.1, 0.15) is 37.3 Å². The number of rotatable bonds is 6. The van der Waals surface area contributed by atoms with Crippen LogP contribution < -0.4 is 10.1 Å². The number of hydrogen-bond donors (Lipinski definition) is 1. The summed E-state index contributed by atoms with van der Waals surface area (Å²) < 4.78 is 6.54. The van der Waals surface area contributed by atoms with E-state index in [1.54, 1.807) is 11.3 Å². The molecule has 108 valence electrons. The zero-order valence-corrected chi connectivity index (χ0v) is 13.6. The Morgan fingerprint density at radius 3 is 2.65 bits per heavy atom. The van der Waals surface area contributed by atoms with Gasteiger partial charge in [0.2, 0.25) is 0 Å². The molecule has 0 saturated heterocycles. The fourth-order valence-electron chi connectivity index (χ4n) is 1.93. The monoisotopic (exact) mass is 309 g/mol. The molecule has 2 nitrogen and oxygen atoms in total. The molecule has 0 aliphatic heterocycles. The van der Waals surface area contributed by atoms with Gasteiger partial charge in [-0.25, -0.2) is 0 Å². The second kappa shape index (κ2) is 7.11. The number of thiophene rings is 1. The lowest BCUT2D eigenvalue weighted by Crippen LogP contribution is -2.17. The molecule has 0 bridgehead atoms. The van der Waals surface area contributed by atoms with Gasteiger partial charge in [0.05, 0.1) is 10.4 Å². The lowest BCUT2D eigenvalue weighted by atomic mass is 10.2. The number of ether oxygens (including phenoxy) is 1. The van der Waals surface area contributed by atoms with Gasteiger partial charge in [-0.3, -0.25) is 0 Å². The second-order valence-corrected chi connectivity index (χ2v) is 6.81. The van der Waals surface area contributed by atoms with Gasteiger partial charge in [0.15, 0.2) is 0 Å². The Kier molecular flexibility index (Phi) is 5.46. The number of hydrogen-bond acceptors (Lipinski definition) is 3. The Morgan fingerprint density at radius 2 is 2.00 bits per heavy atom. The first-order valence-electron chi connectivity index (χ1n) is 6.79. The van der Waals surface area contributed by atoms with E-state index in [-0.39, 0.29) is 6.10 Å². The van der Waals surface area contributed by atoms with Gasteiger partial charge in [-0.2, -0.15) is 0 Å². The summed E-state index contributed by atoms with van der Waals surface area (Å²) in [4.78, 5) is 1.25. The van der Waals surface area contributed by atoms with Crippen molar-refractivity contribution in [3.05, 3.63) is 51.2 Å². The Bertz CT molecular complexity index is 553. The van der Waals surface area contributed by atoms with Crippen molar-refractivity contribution in [3.63, 3.8) is 0 Å². The van der Waals surface area contributed by atoms with Crippen molar-refractivity contribution >= 4 is 22.9 Å². The lowest BCUT2D eigenvalue weighted by Gasteiger charge is -2.14. The normalized spacial score (nSPS) is 12.7. The van der Waals surface area contributed by atoms with E-state index in [4.69, 9.17) is 16.3 Å². The molecule has 0 spiro atoms. The van der Waals surface area contributed by atoms with Crippen molar-refractivity contribution in [2.24, 2.45) is 0 Å². The molecular formula is C16H20ClNOS. The molecule has 0 fully saturated rings. The van der Waals surface area contributed by atoms with Crippen molar-refractivity contribution < 1.29 is 4.74 Å². The molecule has 4 heteroatoms. The molecule has 2 rings (SSSR count). The summed E-state index contributed by atoms with van der Waals surface area (Å²) in [6.07, 6.45) is 0.199. The highest BCUT2D eigenvalue weighted by molar-refractivity contribution is 7.16. The van der Waals surface area contributed by atoms with Crippen LogP contribution in [0.3, 0.4) is 0 Å². The summed E-state index contributed by atoms with van der Waals surface area (Å²) in [5.41, 5.74) is 1.22. The zero-order chi connectivity index (χ0) is 14.5. The number of benzene rings is 1. The van der Waals surface area contributed by atoms with Crippen LogP contribution in [0, 0.1) is 0 Å². The quantitative estimate of drug-likeness (QED) is 0.807. The van der Waals surface area contributed by atoms with Crippen LogP contribution in [0.25, 0.3) is 0 Å². The largest absolute Gasteiger partial charge is 0.491 e. The fraction of sp³-hybridized carbons (Fsp3) is 0.375. The predicted molar refractivity (Wildman–Crippen MR) is 86.8 cm³/mol. The Morgan fingerprint density at radius 1 is 1.20 bits per heavy atom. The van der Waals surface area contributed by atoms with Crippen LogP contribution in [0.5, 0.6) is 5.75 Å². The third-order valence-electron chi connectivity index (χ3n) is 2.90. The molecule has 0 aliphatic carbocycles. The van der Waals surface area contributed by atoms with E-state index in [0.717, 1.165) is 16.6 Å². The maximum absolute atomic E-state index is 5.97. The summed E-state index contributed by atoms with van der Waals surface area (Å²) >= 11 is 7.59. The zero-order valence-electron chi connectivity index (χ0n) is 12.0. The molecule has 1 aromatic carbocycles. The van der Waals surface area contributed by atoms with Crippen LogP contribution in [-0.2, 0) is 6.54 Å². The predicted octanol–water partition coefficient (Wildman–Crippen LogP) is 5.04. The van der Waals surface area contributed by atoms with Gasteiger partial charge in [0, 0.05) is 17.5 Å². The molecule has 0 saturated carbocycles. The summed E-state index contributed by atoms with van der Waals surface area (Å²) in [5, 5.41) is 3.51. The van der Waals surface area contributed by atoms with Crippen molar-refractivity contribution in [3.8, 4) is 5.75 Å². The van der Waals surface area contributed by atoms with Crippen LogP contribution in [-0.4, -0.2) is 6.10 Å². The minimum Gasteiger partial charge on any atom is -0.491 e. The van der Waals surface area contributed by atoms with Crippen LogP contribution in [0.15, 0.2) is 36.4 Å². The minimum atomic E-state index is 0.199. The Labute approximate surface area is 129 Å². The summed E-state index contributed by atoms with van der Waals surface area (Å²) in [5.74, 6) is 0.922. The standard InChI is InChI=1S/C16H20ClNOS/c1-11(2)19-14-6-4-5-13(9-14)10-18-12(3)15-7-8-16(17)20-15/h4-9,11-12,18H,10H2,1-3H3. The highest BCUT2D eigenvalue weighted by atomic mass is 35.5. The van der Waals surface area contributed by atoms with Crippen molar-refractivity contribution in [2.75, 3.05) is 0 Å². The van der Waals surface area contributed by atoms with E-state index < -0.39 is 0 Å². The average Bonchev–Trinajstić information content (AvgIpc) is 2.82. The summed E-state index contributed by atoms with van der Waals surface area (Å²) in [7, 11) is 0. The first kappa shape index (κ1) is 15.4. The van der Waals surface area contributed by atoms with E-state index in [1.807, 2.05) is 32.0 Å². The van der Waals surface area contributed by atoms with Gasteiger partial charge in [0.1, 0.15) is 5.75 Å². The van der Waals surface area contributed by atoms with E-state index >= 15 is 0 Å². The topological polar surface area (TPSA) is 21.3 Å². The fourth-order valence-corrected chi connectivity index (χ4v) is 3.02. The molecule has 0 amide bonds. The molecular weight excluding hydrogens is 290 g/mol. The van der Waals surface area contributed by atoms with Crippen molar-refractivity contribution in [2.45, 2.75) is 39.5 Å². The van der Waals surface area contributed by atoms with Crippen molar-refractivity contribution in [1.82, 2.24) is 5.32 Å². The SMILES string of the molecule is CC(C)Oc1cccc(CNC(C)c2ccc(Cl)s2)c1. The molecule has 2 aromatic rings. The average molecular weight is 310 g/mol. The first-order chi connectivity index (χ1) is 9.54. The highest BCUT2D eigenvalue weighted by Crippen LogP contribution is 2.27. The second-order valence-electron chi connectivity index (χ2n) is 5.06. The van der Waals surface area contributed by atoms with Gasteiger partial charge in [0.25, 0.3) is 0 Å². The minimum absolute atomic E-state index is 0.199. The van der Waals surface area contributed by atoms with Gasteiger partial charge in [-0.15, -0.1) is 11.3 Å². The molecule has 1 heterocycles. The molecule has 1 unspecified atom stereocenters. The third-order valence-corrected chi connectivity index (χ3v) is 4.32. The summed E-state index contributed by atoms with van der Waals surface area (Å²) in [6.45, 7) is 7.03. The Hall–Kier alpha value is -1.03. The molecule has 0 radical (unpaired) electrons. The van der Waals surface area contributed by atoms with Gasteiger partial charge >= 0.3 is 0 Å². The molecule has 1 N–H and O–H groups in total. The molecule has 0 aliphatic rings. The lowest BCUT2D eigenvalue weighted by molar-refractivity contribution is 0.242. The smallest absolute Gasteiger partial charge is 0.120 e. The highest BCUT2D eigenvalue weighted by Gasteiger charge is 2.08. The molecule has 20 heavy (non-hydrogen) atoms. The van der Waals surface area contributed by atoms with Gasteiger partial charge in [-0.1, -0.05) is 23.7 Å². The number of halogens is 1. The van der Waals surface area contributed by atoms with E-state index in [0.29, 0.717) is 6.04 Å². The molecule has 1 atom stereocenters. The van der Waals surface area contributed by atoms with E-state index in [1.165, 1.54) is 10.4 Å². The van der Waals surface area contributed by atoms with Gasteiger partial charge in [-0.05, 0) is 50.6 Å². The maximum Gasteiger partial charge on any atom is 0.120 e. The Balaban J connectivity index is 1.93. The maximum atomic E-state index is 5.97. The number of nitrogens with one attached hydrogen (secondary N) is 1. The van der Waals surface area contributed by atoms with Crippen LogP contribution >= 0.6 is 22.9 Å². The van der Waals surface area contributed by atoms with E-state index in [2.05, 4.69) is 30.4 Å². The summed E-state index contributed by atoms with van der Waals surface area (Å²) in [6, 6.07) is 12.5. The molecule has 1 aromatic heterocycles.